The summed E-state index contributed by atoms with van der Waals surface area (Å²) in [4.78, 5) is 14.5. The maximum atomic E-state index is 12.7. The lowest BCUT2D eigenvalue weighted by Crippen LogP contribution is -2.39. The summed E-state index contributed by atoms with van der Waals surface area (Å²) < 4.78 is 10.7. The molecule has 1 aliphatic heterocycles. The highest BCUT2D eigenvalue weighted by Crippen LogP contribution is 2.22. The van der Waals surface area contributed by atoms with Crippen molar-refractivity contribution < 1.29 is 14.3 Å². The summed E-state index contributed by atoms with van der Waals surface area (Å²) in [6.45, 7) is 2.29. The van der Waals surface area contributed by atoms with Gasteiger partial charge in [-0.2, -0.15) is 5.26 Å². The predicted molar refractivity (Wildman–Crippen MR) is 120 cm³/mol. The lowest BCUT2D eigenvalue weighted by atomic mass is 9.90. The number of benzene rings is 2. The van der Waals surface area contributed by atoms with Gasteiger partial charge >= 0.3 is 0 Å². The number of hydrogen-bond acceptors (Lipinski definition) is 5. The van der Waals surface area contributed by atoms with Crippen molar-refractivity contribution in [2.75, 3.05) is 33.4 Å². The van der Waals surface area contributed by atoms with Crippen LogP contribution in [0.5, 0.6) is 11.5 Å². The van der Waals surface area contributed by atoms with Crippen LogP contribution in [0.15, 0.2) is 66.4 Å². The lowest BCUT2D eigenvalue weighted by Gasteiger charge is -2.32. The number of carbonyl (C=O) groups excluding carboxylic acids is 1. The molecular weight excluding hydrogens is 390 g/mol. The molecule has 2 aromatic rings. The number of nitriles is 1. The molecule has 1 amide bonds. The molecule has 1 heterocycles. The van der Waals surface area contributed by atoms with Gasteiger partial charge in [0.05, 0.1) is 7.11 Å². The van der Waals surface area contributed by atoms with Crippen molar-refractivity contribution >= 4 is 5.91 Å². The molecule has 0 aliphatic carbocycles. The van der Waals surface area contributed by atoms with Crippen LogP contribution in [0.2, 0.25) is 0 Å². The van der Waals surface area contributed by atoms with Crippen molar-refractivity contribution in [1.29, 1.82) is 5.26 Å². The standard InChI is InChI=1S/C25H29N3O3/c1-30-23-7-9-24(10-8-23)31-16-13-27-19-22(18-26)25(29)28-14-11-21(12-15-28)17-20-5-3-2-4-6-20/h2-10,19,21,27H,11-17H2,1H3/b22-19-. The summed E-state index contributed by atoms with van der Waals surface area (Å²) in [6, 6.07) is 19.8. The van der Waals surface area contributed by atoms with E-state index in [4.69, 9.17) is 9.47 Å². The first kappa shape index (κ1) is 22.2. The Balaban J connectivity index is 1.40. The van der Waals surface area contributed by atoms with Crippen molar-refractivity contribution in [3.05, 3.63) is 71.9 Å². The van der Waals surface area contributed by atoms with E-state index in [1.165, 1.54) is 11.8 Å². The van der Waals surface area contributed by atoms with Gasteiger partial charge in [0.15, 0.2) is 0 Å². The zero-order valence-electron chi connectivity index (χ0n) is 17.9. The van der Waals surface area contributed by atoms with E-state index in [1.54, 1.807) is 12.0 Å². The number of hydrogen-bond donors (Lipinski definition) is 1. The van der Waals surface area contributed by atoms with Gasteiger partial charge in [0, 0.05) is 25.8 Å². The minimum Gasteiger partial charge on any atom is -0.497 e. The molecule has 162 valence electrons. The number of nitrogens with zero attached hydrogens (tertiary/aromatic N) is 2. The molecule has 0 spiro atoms. The van der Waals surface area contributed by atoms with Crippen LogP contribution < -0.4 is 14.8 Å². The molecule has 31 heavy (non-hydrogen) atoms. The van der Waals surface area contributed by atoms with E-state index in [0.717, 1.165) is 30.8 Å². The average Bonchev–Trinajstić information content (AvgIpc) is 2.82. The van der Waals surface area contributed by atoms with Crippen LogP contribution in [0.4, 0.5) is 0 Å². The SMILES string of the molecule is COc1ccc(OCCN/C=C(/C#N)C(=O)N2CCC(Cc3ccccc3)CC2)cc1. The molecule has 3 rings (SSSR count). The highest BCUT2D eigenvalue weighted by molar-refractivity contribution is 5.97. The van der Waals surface area contributed by atoms with Gasteiger partial charge in [-0.1, -0.05) is 30.3 Å². The number of nitrogens with one attached hydrogen (secondary N) is 1. The predicted octanol–water partition coefficient (Wildman–Crippen LogP) is 3.55. The van der Waals surface area contributed by atoms with Crippen LogP contribution in [0.25, 0.3) is 0 Å². The van der Waals surface area contributed by atoms with Gasteiger partial charge in [-0.3, -0.25) is 4.79 Å². The second-order valence-electron chi connectivity index (χ2n) is 7.57. The molecule has 6 nitrogen and oxygen atoms in total. The summed E-state index contributed by atoms with van der Waals surface area (Å²) in [5, 5.41) is 12.4. The molecule has 1 saturated heterocycles. The number of methoxy groups -OCH3 is 1. The first-order chi connectivity index (χ1) is 15.2. The molecule has 0 aromatic heterocycles. The van der Waals surface area contributed by atoms with Crippen LogP contribution in [0.3, 0.4) is 0 Å². The average molecular weight is 420 g/mol. The molecule has 0 unspecified atom stereocenters. The third-order valence-corrected chi connectivity index (χ3v) is 5.44. The fourth-order valence-electron chi connectivity index (χ4n) is 3.67. The Morgan fingerprint density at radius 2 is 1.81 bits per heavy atom. The zero-order chi connectivity index (χ0) is 21.9. The van der Waals surface area contributed by atoms with Crippen molar-refractivity contribution in [2.45, 2.75) is 19.3 Å². The summed E-state index contributed by atoms with van der Waals surface area (Å²) in [5.74, 6) is 1.88. The van der Waals surface area contributed by atoms with E-state index < -0.39 is 0 Å². The first-order valence-electron chi connectivity index (χ1n) is 10.6. The maximum absolute atomic E-state index is 12.7. The van der Waals surface area contributed by atoms with Crippen molar-refractivity contribution in [3.63, 3.8) is 0 Å². The van der Waals surface area contributed by atoms with Gasteiger partial charge in [0.1, 0.15) is 29.7 Å². The van der Waals surface area contributed by atoms with E-state index in [9.17, 15) is 10.1 Å². The summed E-state index contributed by atoms with van der Waals surface area (Å²) in [6.07, 6.45) is 4.46. The zero-order valence-corrected chi connectivity index (χ0v) is 17.9. The van der Waals surface area contributed by atoms with E-state index in [1.807, 2.05) is 36.4 Å². The number of amides is 1. The fourth-order valence-corrected chi connectivity index (χ4v) is 3.67. The van der Waals surface area contributed by atoms with Gasteiger partial charge in [-0.05, 0) is 55.0 Å². The minimum atomic E-state index is -0.204. The van der Waals surface area contributed by atoms with Crippen LogP contribution in [0.1, 0.15) is 18.4 Å². The van der Waals surface area contributed by atoms with E-state index in [-0.39, 0.29) is 11.5 Å². The van der Waals surface area contributed by atoms with Crippen molar-refractivity contribution in [2.24, 2.45) is 5.92 Å². The maximum Gasteiger partial charge on any atom is 0.265 e. The topological polar surface area (TPSA) is 74.6 Å². The molecule has 0 radical (unpaired) electrons. The van der Waals surface area contributed by atoms with E-state index in [2.05, 4.69) is 29.6 Å². The molecule has 2 aromatic carbocycles. The van der Waals surface area contributed by atoms with Crippen molar-refractivity contribution in [3.8, 4) is 17.6 Å². The molecule has 0 atom stereocenters. The molecule has 1 fully saturated rings. The van der Waals surface area contributed by atoms with E-state index in [0.29, 0.717) is 32.2 Å². The van der Waals surface area contributed by atoms with Crippen LogP contribution in [0, 0.1) is 17.2 Å². The summed E-state index contributed by atoms with van der Waals surface area (Å²) >= 11 is 0. The van der Waals surface area contributed by atoms with Crippen LogP contribution in [-0.4, -0.2) is 44.2 Å². The largest absolute Gasteiger partial charge is 0.497 e. The highest BCUT2D eigenvalue weighted by atomic mass is 16.5. The summed E-state index contributed by atoms with van der Waals surface area (Å²) in [5.41, 5.74) is 1.47. The molecule has 1 N–H and O–H groups in total. The lowest BCUT2D eigenvalue weighted by molar-refractivity contribution is -0.128. The second kappa shape index (κ2) is 11.7. The van der Waals surface area contributed by atoms with Gasteiger partial charge in [-0.25, -0.2) is 0 Å². The molecule has 0 saturated carbocycles. The van der Waals surface area contributed by atoms with Crippen molar-refractivity contribution in [1.82, 2.24) is 10.2 Å². The Kier molecular flexibility index (Phi) is 8.36. The van der Waals surface area contributed by atoms with E-state index >= 15 is 0 Å². The van der Waals surface area contributed by atoms with Gasteiger partial charge in [-0.15, -0.1) is 0 Å². The highest BCUT2D eigenvalue weighted by Gasteiger charge is 2.25. The third-order valence-electron chi connectivity index (χ3n) is 5.44. The Hall–Kier alpha value is -3.46. The van der Waals surface area contributed by atoms with Gasteiger partial charge in [0.25, 0.3) is 5.91 Å². The Bertz CT molecular complexity index is 896. The number of piperidine rings is 1. The Morgan fingerprint density at radius 1 is 1.13 bits per heavy atom. The monoisotopic (exact) mass is 419 g/mol. The Morgan fingerprint density at radius 3 is 2.45 bits per heavy atom. The number of rotatable bonds is 9. The molecule has 6 heteroatoms. The molecular formula is C25H29N3O3. The number of carbonyl (C=O) groups is 1. The fraction of sp³-hybridized carbons (Fsp3) is 0.360. The quantitative estimate of drug-likeness (QED) is 0.382. The van der Waals surface area contributed by atoms with Crippen LogP contribution >= 0.6 is 0 Å². The second-order valence-corrected chi connectivity index (χ2v) is 7.57. The smallest absolute Gasteiger partial charge is 0.265 e. The minimum absolute atomic E-state index is 0.131. The molecule has 0 bridgehead atoms. The van der Waals surface area contributed by atoms with Crippen LogP contribution in [-0.2, 0) is 11.2 Å². The Labute approximate surface area is 184 Å². The first-order valence-corrected chi connectivity index (χ1v) is 10.6. The normalized spacial score (nSPS) is 14.6. The molecule has 1 aliphatic rings. The van der Waals surface area contributed by atoms with Gasteiger partial charge in [0.2, 0.25) is 0 Å². The number of likely N-dealkylation sites (tertiary alicyclic amines) is 1. The van der Waals surface area contributed by atoms with Gasteiger partial charge < -0.3 is 19.7 Å². The summed E-state index contributed by atoms with van der Waals surface area (Å²) in [7, 11) is 1.62. The third kappa shape index (κ3) is 6.78. The number of ether oxygens (including phenoxy) is 2.